The monoisotopic (exact) mass is 189 g/mol. The first-order chi connectivity index (χ1) is 5.65. The minimum Gasteiger partial charge on any atom is -0.468 e. The van der Waals surface area contributed by atoms with Crippen LogP contribution >= 0.6 is 12.2 Å². The zero-order chi connectivity index (χ0) is 9.56. The Labute approximate surface area is 80.9 Å². The van der Waals surface area contributed by atoms with Crippen LogP contribution in [0.4, 0.5) is 0 Å². The Balaban J connectivity index is 3.84. The second kappa shape index (κ2) is 6.23. The van der Waals surface area contributed by atoms with Crippen LogP contribution in [0.2, 0.25) is 0 Å². The van der Waals surface area contributed by atoms with Gasteiger partial charge in [-0.3, -0.25) is 0 Å². The zero-order valence-corrected chi connectivity index (χ0v) is 9.28. The number of thiocarbonyl (C=S) groups is 1. The van der Waals surface area contributed by atoms with E-state index in [0.29, 0.717) is 5.17 Å². The molecule has 0 N–H and O–H groups in total. The number of hydrogen-bond donors (Lipinski definition) is 0. The van der Waals surface area contributed by atoms with Crippen LogP contribution in [0.15, 0.2) is 0 Å². The van der Waals surface area contributed by atoms with Gasteiger partial charge in [0.25, 0.3) is 5.17 Å². The van der Waals surface area contributed by atoms with E-state index in [1.54, 1.807) is 0 Å². The second-order valence-corrected chi connectivity index (χ2v) is 3.12. The standard InChI is InChI=1S/C9H19NOS/c1-5-8(4)11-9(12)10(6-2)7-3/h8H,5-7H2,1-4H3. The summed E-state index contributed by atoms with van der Waals surface area (Å²) in [6.45, 7) is 10.1. The Hall–Kier alpha value is -0.310. The highest BCUT2D eigenvalue weighted by atomic mass is 32.1. The van der Waals surface area contributed by atoms with Gasteiger partial charge in [-0.15, -0.1) is 0 Å². The van der Waals surface area contributed by atoms with E-state index in [0.717, 1.165) is 19.5 Å². The van der Waals surface area contributed by atoms with Crippen LogP contribution in [0.25, 0.3) is 0 Å². The van der Waals surface area contributed by atoms with Gasteiger partial charge in [0.15, 0.2) is 0 Å². The van der Waals surface area contributed by atoms with Crippen LogP contribution in [0.3, 0.4) is 0 Å². The molecular weight excluding hydrogens is 170 g/mol. The fraction of sp³-hybridized carbons (Fsp3) is 0.889. The third-order valence-corrected chi connectivity index (χ3v) is 2.25. The minimum atomic E-state index is 0.234. The molecule has 0 saturated carbocycles. The molecule has 0 aromatic rings. The zero-order valence-electron chi connectivity index (χ0n) is 8.46. The summed E-state index contributed by atoms with van der Waals surface area (Å²) >= 11 is 5.12. The van der Waals surface area contributed by atoms with E-state index in [2.05, 4.69) is 20.8 Å². The summed E-state index contributed by atoms with van der Waals surface area (Å²) in [5, 5.41) is 0.634. The molecule has 0 aromatic carbocycles. The van der Waals surface area contributed by atoms with Gasteiger partial charge >= 0.3 is 0 Å². The Morgan fingerprint density at radius 1 is 1.33 bits per heavy atom. The Kier molecular flexibility index (Phi) is 6.07. The SMILES string of the molecule is CCC(C)OC(=S)N(CC)CC. The van der Waals surface area contributed by atoms with Crippen LogP contribution in [-0.4, -0.2) is 29.3 Å². The largest absolute Gasteiger partial charge is 0.468 e. The third-order valence-electron chi connectivity index (χ3n) is 1.90. The average Bonchev–Trinajstić information content (AvgIpc) is 2.06. The van der Waals surface area contributed by atoms with Gasteiger partial charge < -0.3 is 9.64 Å². The normalized spacial score (nSPS) is 12.3. The van der Waals surface area contributed by atoms with E-state index in [-0.39, 0.29) is 6.10 Å². The summed E-state index contributed by atoms with van der Waals surface area (Å²) in [6, 6.07) is 0. The van der Waals surface area contributed by atoms with Gasteiger partial charge in [-0.1, -0.05) is 6.92 Å². The lowest BCUT2D eigenvalue weighted by atomic mass is 10.3. The summed E-state index contributed by atoms with van der Waals surface area (Å²) in [6.07, 6.45) is 1.24. The fourth-order valence-corrected chi connectivity index (χ4v) is 1.23. The molecule has 0 aliphatic carbocycles. The van der Waals surface area contributed by atoms with E-state index in [1.165, 1.54) is 0 Å². The van der Waals surface area contributed by atoms with Gasteiger partial charge in [-0.2, -0.15) is 0 Å². The molecule has 1 atom stereocenters. The summed E-state index contributed by atoms with van der Waals surface area (Å²) in [7, 11) is 0. The lowest BCUT2D eigenvalue weighted by Crippen LogP contribution is -2.32. The molecule has 0 aliphatic rings. The van der Waals surface area contributed by atoms with Crippen molar-refractivity contribution in [3.63, 3.8) is 0 Å². The van der Waals surface area contributed by atoms with Crippen molar-refractivity contribution >= 4 is 17.4 Å². The van der Waals surface area contributed by atoms with Gasteiger partial charge in [-0.25, -0.2) is 0 Å². The molecule has 0 bridgehead atoms. The average molecular weight is 189 g/mol. The molecule has 0 aromatic heterocycles. The third kappa shape index (κ3) is 3.90. The lowest BCUT2D eigenvalue weighted by molar-refractivity contribution is 0.171. The van der Waals surface area contributed by atoms with Crippen LogP contribution in [0, 0.1) is 0 Å². The highest BCUT2D eigenvalue weighted by molar-refractivity contribution is 7.80. The Morgan fingerprint density at radius 2 is 1.83 bits per heavy atom. The van der Waals surface area contributed by atoms with E-state index in [9.17, 15) is 0 Å². The number of nitrogens with zero attached hydrogens (tertiary/aromatic N) is 1. The molecule has 1 unspecified atom stereocenters. The molecule has 0 fully saturated rings. The van der Waals surface area contributed by atoms with Crippen LogP contribution in [0.5, 0.6) is 0 Å². The van der Waals surface area contributed by atoms with Crippen LogP contribution in [0.1, 0.15) is 34.1 Å². The quantitative estimate of drug-likeness (QED) is 0.630. The van der Waals surface area contributed by atoms with Crippen molar-refractivity contribution in [2.45, 2.75) is 40.2 Å². The van der Waals surface area contributed by atoms with Crippen LogP contribution in [-0.2, 0) is 4.74 Å². The molecule has 12 heavy (non-hydrogen) atoms. The van der Waals surface area contributed by atoms with E-state index >= 15 is 0 Å². The molecule has 0 rings (SSSR count). The minimum absolute atomic E-state index is 0.234. The van der Waals surface area contributed by atoms with Crippen molar-refractivity contribution in [2.24, 2.45) is 0 Å². The number of ether oxygens (including phenoxy) is 1. The molecule has 2 nitrogen and oxygen atoms in total. The van der Waals surface area contributed by atoms with E-state index in [4.69, 9.17) is 17.0 Å². The highest BCUT2D eigenvalue weighted by Gasteiger charge is 2.08. The second-order valence-electron chi connectivity index (χ2n) is 2.77. The summed E-state index contributed by atoms with van der Waals surface area (Å²) in [5.41, 5.74) is 0. The molecule has 0 amide bonds. The van der Waals surface area contributed by atoms with Crippen molar-refractivity contribution in [3.05, 3.63) is 0 Å². The predicted molar refractivity (Wildman–Crippen MR) is 56.4 cm³/mol. The maximum atomic E-state index is 5.50. The molecule has 72 valence electrons. The van der Waals surface area contributed by atoms with Gasteiger partial charge in [-0.05, 0) is 39.4 Å². The molecule has 0 spiro atoms. The number of hydrogen-bond acceptors (Lipinski definition) is 2. The fourth-order valence-electron chi connectivity index (χ4n) is 0.812. The van der Waals surface area contributed by atoms with Gasteiger partial charge in [0.2, 0.25) is 0 Å². The van der Waals surface area contributed by atoms with E-state index in [1.807, 2.05) is 11.8 Å². The van der Waals surface area contributed by atoms with Gasteiger partial charge in [0, 0.05) is 13.1 Å². The molecule has 0 radical (unpaired) electrons. The van der Waals surface area contributed by atoms with Crippen molar-refractivity contribution in [3.8, 4) is 0 Å². The maximum absolute atomic E-state index is 5.50. The first-order valence-corrected chi connectivity index (χ1v) is 5.02. The van der Waals surface area contributed by atoms with Crippen molar-refractivity contribution < 1.29 is 4.74 Å². The first-order valence-electron chi connectivity index (χ1n) is 4.61. The molecule has 3 heteroatoms. The maximum Gasteiger partial charge on any atom is 0.259 e. The van der Waals surface area contributed by atoms with Crippen molar-refractivity contribution in [2.75, 3.05) is 13.1 Å². The first kappa shape index (κ1) is 11.7. The van der Waals surface area contributed by atoms with Crippen molar-refractivity contribution in [1.82, 2.24) is 4.90 Å². The lowest BCUT2D eigenvalue weighted by Gasteiger charge is -2.23. The van der Waals surface area contributed by atoms with E-state index < -0.39 is 0 Å². The predicted octanol–water partition coefficient (Wildman–Crippen LogP) is 2.43. The smallest absolute Gasteiger partial charge is 0.259 e. The Morgan fingerprint density at radius 3 is 2.17 bits per heavy atom. The molecule has 0 heterocycles. The summed E-state index contributed by atoms with van der Waals surface area (Å²) in [4.78, 5) is 2.04. The topological polar surface area (TPSA) is 12.5 Å². The van der Waals surface area contributed by atoms with Gasteiger partial charge in [0.05, 0.1) is 6.10 Å². The molecule has 0 saturated heterocycles. The molecular formula is C9H19NOS. The van der Waals surface area contributed by atoms with Crippen LogP contribution < -0.4 is 0 Å². The summed E-state index contributed by atoms with van der Waals surface area (Å²) < 4.78 is 5.50. The summed E-state index contributed by atoms with van der Waals surface area (Å²) in [5.74, 6) is 0. The highest BCUT2D eigenvalue weighted by Crippen LogP contribution is 2.01. The Bertz CT molecular complexity index is 134. The van der Waals surface area contributed by atoms with Gasteiger partial charge in [0.1, 0.15) is 0 Å². The number of rotatable bonds is 4. The molecule has 0 aliphatic heterocycles. The van der Waals surface area contributed by atoms with Crippen molar-refractivity contribution in [1.29, 1.82) is 0 Å².